The van der Waals surface area contributed by atoms with E-state index in [0.717, 1.165) is 37.4 Å². The second-order valence-corrected chi connectivity index (χ2v) is 8.70. The highest BCUT2D eigenvalue weighted by Crippen LogP contribution is 2.41. The van der Waals surface area contributed by atoms with Crippen LogP contribution >= 0.6 is 0 Å². The highest BCUT2D eigenvalue weighted by molar-refractivity contribution is 5.92. The van der Waals surface area contributed by atoms with Crippen LogP contribution in [-0.2, 0) is 11.2 Å². The van der Waals surface area contributed by atoms with Crippen LogP contribution in [0.15, 0.2) is 18.2 Å². The van der Waals surface area contributed by atoms with Crippen molar-refractivity contribution in [1.82, 2.24) is 9.88 Å². The number of rotatable bonds is 7. The van der Waals surface area contributed by atoms with Crippen molar-refractivity contribution in [2.24, 2.45) is 0 Å². The van der Waals surface area contributed by atoms with Crippen LogP contribution in [0.1, 0.15) is 76.0 Å². The Morgan fingerprint density at radius 2 is 2.14 bits per heavy atom. The van der Waals surface area contributed by atoms with Gasteiger partial charge in [0, 0.05) is 28.3 Å². The molecule has 2 aliphatic heterocycles. The van der Waals surface area contributed by atoms with Crippen LogP contribution in [0.25, 0.3) is 10.9 Å². The molecular weight excluding hydrogens is 362 g/mol. The fourth-order valence-electron chi connectivity index (χ4n) is 5.21. The fraction of sp³-hybridized carbons (Fsp3) is 0.625. The van der Waals surface area contributed by atoms with Gasteiger partial charge in [-0.25, -0.2) is 4.79 Å². The van der Waals surface area contributed by atoms with Gasteiger partial charge in [0.2, 0.25) is 0 Å². The van der Waals surface area contributed by atoms with E-state index in [1.165, 1.54) is 60.9 Å². The van der Waals surface area contributed by atoms with Gasteiger partial charge in [-0.05, 0) is 81.3 Å². The smallest absolute Gasteiger partial charge is 0.411 e. The number of carbonyl (C=O) groups excluding carboxylic acids is 1. The monoisotopic (exact) mass is 397 g/mol. The normalized spacial score (nSPS) is 22.0. The van der Waals surface area contributed by atoms with Crippen LogP contribution in [0.3, 0.4) is 0 Å². The summed E-state index contributed by atoms with van der Waals surface area (Å²) in [5.41, 5.74) is 4.89. The zero-order chi connectivity index (χ0) is 20.2. The maximum absolute atomic E-state index is 12.1. The van der Waals surface area contributed by atoms with E-state index >= 15 is 0 Å². The summed E-state index contributed by atoms with van der Waals surface area (Å²) in [4.78, 5) is 18.5. The number of nitrogens with one attached hydrogen (secondary N) is 2. The number of hydrogen-bond donors (Lipinski definition) is 2. The lowest BCUT2D eigenvalue weighted by molar-refractivity contribution is 0.160. The van der Waals surface area contributed by atoms with E-state index < -0.39 is 0 Å². The molecule has 1 amide bonds. The highest BCUT2D eigenvalue weighted by Gasteiger charge is 2.34. The van der Waals surface area contributed by atoms with Crippen molar-refractivity contribution < 1.29 is 9.53 Å². The molecule has 2 N–H and O–H groups in total. The van der Waals surface area contributed by atoms with Crippen LogP contribution in [0, 0.1) is 0 Å². The molecule has 2 atom stereocenters. The molecule has 0 saturated carbocycles. The third-order valence-corrected chi connectivity index (χ3v) is 6.63. The Morgan fingerprint density at radius 3 is 2.97 bits per heavy atom. The van der Waals surface area contributed by atoms with Gasteiger partial charge >= 0.3 is 6.09 Å². The fourth-order valence-corrected chi connectivity index (χ4v) is 5.21. The Bertz CT molecular complexity index is 844. The van der Waals surface area contributed by atoms with Crippen LogP contribution < -0.4 is 5.32 Å². The molecule has 5 nitrogen and oxygen atoms in total. The molecule has 2 unspecified atom stereocenters. The minimum absolute atomic E-state index is 0.358. The second-order valence-electron chi connectivity index (χ2n) is 8.70. The summed E-state index contributed by atoms with van der Waals surface area (Å²) in [6, 6.07) is 6.97. The lowest BCUT2D eigenvalue weighted by Crippen LogP contribution is -2.37. The van der Waals surface area contributed by atoms with Gasteiger partial charge in [0.25, 0.3) is 0 Å². The summed E-state index contributed by atoms with van der Waals surface area (Å²) in [6.07, 6.45) is 8.97. The van der Waals surface area contributed by atoms with E-state index in [4.69, 9.17) is 4.74 Å². The van der Waals surface area contributed by atoms with Crippen LogP contribution in [0.2, 0.25) is 0 Å². The number of nitrogens with zero attached hydrogens (tertiary/aromatic N) is 1. The quantitative estimate of drug-likeness (QED) is 0.580. The van der Waals surface area contributed by atoms with Crippen molar-refractivity contribution in [2.75, 3.05) is 25.0 Å². The Labute approximate surface area is 174 Å². The van der Waals surface area contributed by atoms with E-state index in [2.05, 4.69) is 41.2 Å². The molecule has 158 valence electrons. The largest absolute Gasteiger partial charge is 0.449 e. The molecule has 2 aromatic rings. The van der Waals surface area contributed by atoms with Crippen LogP contribution in [-0.4, -0.2) is 41.7 Å². The molecule has 29 heavy (non-hydrogen) atoms. The van der Waals surface area contributed by atoms with E-state index in [1.807, 2.05) is 6.07 Å². The molecule has 0 aliphatic carbocycles. The third-order valence-electron chi connectivity index (χ3n) is 6.63. The zero-order valence-corrected chi connectivity index (χ0v) is 17.9. The minimum Gasteiger partial charge on any atom is -0.449 e. The van der Waals surface area contributed by atoms with E-state index in [0.29, 0.717) is 12.5 Å². The molecule has 0 radical (unpaired) electrons. The standard InChI is InChI=1S/C24H35N3O2/c1-3-5-14-29-24(28)25-18-9-10-21-20(16-18)23(22(26-21)7-4-2)17-11-13-27-12-6-8-19(27)15-17/h9-10,16-17,19,26H,3-8,11-15H2,1-2H3,(H,25,28). The lowest BCUT2D eigenvalue weighted by Gasteiger charge is -2.35. The number of unbranched alkanes of at least 4 members (excludes halogenated alkanes) is 1. The average molecular weight is 398 g/mol. The number of fused-ring (bicyclic) bond motifs is 2. The molecule has 1 aromatic heterocycles. The highest BCUT2D eigenvalue weighted by atomic mass is 16.5. The Hall–Kier alpha value is -2.01. The Morgan fingerprint density at radius 1 is 1.24 bits per heavy atom. The summed E-state index contributed by atoms with van der Waals surface area (Å²) in [7, 11) is 0. The summed E-state index contributed by atoms with van der Waals surface area (Å²) in [6.45, 7) is 7.30. The van der Waals surface area contributed by atoms with Crippen molar-refractivity contribution in [2.45, 2.75) is 77.2 Å². The SMILES string of the molecule is CCCCOC(=O)Nc1ccc2[nH]c(CCC)c(C3CCN4CCCC4C3)c2c1. The van der Waals surface area contributed by atoms with Crippen LogP contribution in [0.5, 0.6) is 0 Å². The van der Waals surface area contributed by atoms with E-state index in [-0.39, 0.29) is 6.09 Å². The maximum atomic E-state index is 12.1. The zero-order valence-electron chi connectivity index (χ0n) is 17.9. The van der Waals surface area contributed by atoms with E-state index in [1.54, 1.807) is 0 Å². The van der Waals surface area contributed by atoms with Crippen molar-refractivity contribution in [3.63, 3.8) is 0 Å². The molecule has 4 rings (SSSR count). The molecule has 1 aromatic carbocycles. The molecule has 0 spiro atoms. The number of anilines is 1. The first-order valence-electron chi connectivity index (χ1n) is 11.5. The minimum atomic E-state index is -0.358. The maximum Gasteiger partial charge on any atom is 0.411 e. The number of benzene rings is 1. The summed E-state index contributed by atoms with van der Waals surface area (Å²) < 4.78 is 5.27. The molecule has 2 aliphatic rings. The molecule has 3 heterocycles. The van der Waals surface area contributed by atoms with Gasteiger partial charge in [-0.2, -0.15) is 0 Å². The number of H-pyrrole nitrogens is 1. The lowest BCUT2D eigenvalue weighted by atomic mass is 9.83. The topological polar surface area (TPSA) is 57.4 Å². The second kappa shape index (κ2) is 9.21. The third kappa shape index (κ3) is 4.45. The summed E-state index contributed by atoms with van der Waals surface area (Å²) in [5.74, 6) is 0.608. The first-order valence-corrected chi connectivity index (χ1v) is 11.5. The number of hydrogen-bond acceptors (Lipinski definition) is 3. The van der Waals surface area contributed by atoms with Gasteiger partial charge in [0.05, 0.1) is 6.61 Å². The van der Waals surface area contributed by atoms with Gasteiger partial charge in [0.15, 0.2) is 0 Å². The number of carbonyl (C=O) groups is 1. The number of ether oxygens (including phenoxy) is 1. The summed E-state index contributed by atoms with van der Waals surface area (Å²) >= 11 is 0. The van der Waals surface area contributed by atoms with Crippen molar-refractivity contribution in [3.05, 3.63) is 29.5 Å². The number of aromatic amines is 1. The van der Waals surface area contributed by atoms with Crippen LogP contribution in [0.4, 0.5) is 10.5 Å². The number of aromatic nitrogens is 1. The predicted molar refractivity (Wildman–Crippen MR) is 119 cm³/mol. The average Bonchev–Trinajstić information content (AvgIpc) is 3.31. The Balaban J connectivity index is 1.59. The van der Waals surface area contributed by atoms with Gasteiger partial charge in [-0.3, -0.25) is 5.32 Å². The number of amides is 1. The van der Waals surface area contributed by atoms with Gasteiger partial charge in [-0.15, -0.1) is 0 Å². The number of aryl methyl sites for hydroxylation is 1. The van der Waals surface area contributed by atoms with Crippen molar-refractivity contribution >= 4 is 22.7 Å². The first-order chi connectivity index (χ1) is 14.2. The molecular formula is C24H35N3O2. The molecule has 2 fully saturated rings. The van der Waals surface area contributed by atoms with E-state index in [9.17, 15) is 4.79 Å². The molecule has 5 heteroatoms. The van der Waals surface area contributed by atoms with Gasteiger partial charge < -0.3 is 14.6 Å². The van der Waals surface area contributed by atoms with Crippen molar-refractivity contribution in [1.29, 1.82) is 0 Å². The Kier molecular flexibility index (Phi) is 6.43. The summed E-state index contributed by atoms with van der Waals surface area (Å²) in [5, 5.41) is 4.19. The predicted octanol–water partition coefficient (Wildman–Crippen LogP) is 5.81. The molecule has 0 bridgehead atoms. The van der Waals surface area contributed by atoms with Gasteiger partial charge in [-0.1, -0.05) is 26.7 Å². The molecule has 2 saturated heterocycles. The van der Waals surface area contributed by atoms with Crippen molar-refractivity contribution in [3.8, 4) is 0 Å². The van der Waals surface area contributed by atoms with Gasteiger partial charge in [0.1, 0.15) is 0 Å². The number of piperidine rings is 1. The first kappa shape index (κ1) is 20.3.